The number of hydrogen-bond acceptors (Lipinski definition) is 3. The monoisotopic (exact) mass is 289 g/mol. The van der Waals surface area contributed by atoms with E-state index in [1.165, 1.54) is 12.0 Å². The first kappa shape index (κ1) is 15.9. The van der Waals surface area contributed by atoms with Crippen molar-refractivity contribution in [2.45, 2.75) is 58.4 Å². The standard InChI is InChI=1S/C18H27NO2/c1-4-21-17(20)18(12-5-6-14(2)11-13-18)19-16-9-7-15(3)8-10-16/h7-10,14,19H,4-6,11-13H2,1-3H3. The number of carbonyl (C=O) groups is 1. The molecule has 1 fully saturated rings. The van der Waals surface area contributed by atoms with E-state index in [2.05, 4.69) is 31.3 Å². The van der Waals surface area contributed by atoms with Gasteiger partial charge < -0.3 is 10.1 Å². The van der Waals surface area contributed by atoms with Gasteiger partial charge in [0.15, 0.2) is 0 Å². The second kappa shape index (κ2) is 6.97. The minimum Gasteiger partial charge on any atom is -0.464 e. The summed E-state index contributed by atoms with van der Waals surface area (Å²) >= 11 is 0. The molecule has 2 rings (SSSR count). The molecule has 1 N–H and O–H groups in total. The van der Waals surface area contributed by atoms with Gasteiger partial charge in [0, 0.05) is 5.69 Å². The van der Waals surface area contributed by atoms with Gasteiger partial charge in [-0.15, -0.1) is 0 Å². The van der Waals surface area contributed by atoms with Crippen LogP contribution in [-0.2, 0) is 9.53 Å². The highest BCUT2D eigenvalue weighted by Gasteiger charge is 2.40. The molecule has 2 atom stereocenters. The average molecular weight is 289 g/mol. The largest absolute Gasteiger partial charge is 0.464 e. The summed E-state index contributed by atoms with van der Waals surface area (Å²) in [5.74, 6) is 0.584. The third-order valence-corrected chi connectivity index (χ3v) is 4.47. The van der Waals surface area contributed by atoms with Gasteiger partial charge in [-0.05, 0) is 51.2 Å². The number of anilines is 1. The van der Waals surface area contributed by atoms with Crippen LogP contribution in [0.4, 0.5) is 5.69 Å². The summed E-state index contributed by atoms with van der Waals surface area (Å²) < 4.78 is 5.37. The minimum absolute atomic E-state index is 0.0975. The number of nitrogens with one attached hydrogen (secondary N) is 1. The topological polar surface area (TPSA) is 38.3 Å². The predicted molar refractivity (Wildman–Crippen MR) is 86.4 cm³/mol. The van der Waals surface area contributed by atoms with Crippen LogP contribution >= 0.6 is 0 Å². The van der Waals surface area contributed by atoms with Gasteiger partial charge in [0.2, 0.25) is 0 Å². The lowest BCUT2D eigenvalue weighted by molar-refractivity contribution is -0.149. The van der Waals surface area contributed by atoms with Gasteiger partial charge >= 0.3 is 5.97 Å². The number of benzene rings is 1. The van der Waals surface area contributed by atoms with Crippen LogP contribution in [0.25, 0.3) is 0 Å². The molecule has 1 aromatic carbocycles. The summed E-state index contributed by atoms with van der Waals surface area (Å²) in [6, 6.07) is 8.23. The quantitative estimate of drug-likeness (QED) is 0.663. The fourth-order valence-electron chi connectivity index (χ4n) is 3.08. The first-order chi connectivity index (χ1) is 10.1. The fraction of sp³-hybridized carbons (Fsp3) is 0.611. The van der Waals surface area contributed by atoms with Crippen LogP contribution in [0, 0.1) is 12.8 Å². The van der Waals surface area contributed by atoms with E-state index in [-0.39, 0.29) is 5.97 Å². The van der Waals surface area contributed by atoms with E-state index in [1.54, 1.807) is 0 Å². The highest BCUT2D eigenvalue weighted by molar-refractivity contribution is 5.84. The summed E-state index contributed by atoms with van der Waals surface area (Å²) in [5, 5.41) is 3.49. The Hall–Kier alpha value is -1.51. The summed E-state index contributed by atoms with van der Waals surface area (Å²) in [4.78, 5) is 12.6. The zero-order chi connectivity index (χ0) is 15.3. The van der Waals surface area contributed by atoms with Crippen LogP contribution in [0.5, 0.6) is 0 Å². The molecular weight excluding hydrogens is 262 g/mol. The third-order valence-electron chi connectivity index (χ3n) is 4.47. The summed E-state index contributed by atoms with van der Waals surface area (Å²) in [5.41, 5.74) is 1.67. The van der Waals surface area contributed by atoms with Crippen molar-refractivity contribution in [3.63, 3.8) is 0 Å². The van der Waals surface area contributed by atoms with Crippen molar-refractivity contribution >= 4 is 11.7 Å². The van der Waals surface area contributed by atoms with Crippen molar-refractivity contribution < 1.29 is 9.53 Å². The molecule has 2 unspecified atom stereocenters. The Bertz CT molecular complexity index is 469. The molecule has 0 saturated heterocycles. The van der Waals surface area contributed by atoms with Crippen LogP contribution in [0.3, 0.4) is 0 Å². The lowest BCUT2D eigenvalue weighted by atomic mass is 9.89. The molecule has 0 spiro atoms. The van der Waals surface area contributed by atoms with Crippen LogP contribution in [0.15, 0.2) is 24.3 Å². The molecule has 0 aliphatic heterocycles. The highest BCUT2D eigenvalue weighted by atomic mass is 16.5. The number of rotatable bonds is 4. The molecule has 21 heavy (non-hydrogen) atoms. The van der Waals surface area contributed by atoms with Gasteiger partial charge in [0.1, 0.15) is 5.54 Å². The number of aryl methyl sites for hydroxylation is 1. The summed E-state index contributed by atoms with van der Waals surface area (Å²) in [6.45, 7) is 6.65. The molecule has 1 saturated carbocycles. The number of esters is 1. The van der Waals surface area contributed by atoms with Crippen LogP contribution in [-0.4, -0.2) is 18.1 Å². The van der Waals surface area contributed by atoms with Crippen LogP contribution < -0.4 is 5.32 Å². The predicted octanol–water partition coefficient (Wildman–Crippen LogP) is 4.31. The van der Waals surface area contributed by atoms with Gasteiger partial charge in [-0.3, -0.25) is 0 Å². The van der Waals surface area contributed by atoms with Gasteiger partial charge in [0.25, 0.3) is 0 Å². The van der Waals surface area contributed by atoms with E-state index in [9.17, 15) is 4.79 Å². The Labute approximate surface area is 128 Å². The van der Waals surface area contributed by atoms with Gasteiger partial charge in [-0.25, -0.2) is 4.79 Å². The van der Waals surface area contributed by atoms with Crippen LogP contribution in [0.1, 0.15) is 51.5 Å². The molecule has 0 aromatic heterocycles. The second-order valence-electron chi connectivity index (χ2n) is 6.33. The Kier molecular flexibility index (Phi) is 5.27. The Morgan fingerprint density at radius 2 is 2.00 bits per heavy atom. The molecule has 3 heteroatoms. The van der Waals surface area contributed by atoms with E-state index in [0.717, 1.165) is 31.4 Å². The first-order valence-electron chi connectivity index (χ1n) is 8.08. The zero-order valence-corrected chi connectivity index (χ0v) is 13.4. The smallest absolute Gasteiger partial charge is 0.331 e. The molecule has 1 aromatic rings. The lowest BCUT2D eigenvalue weighted by Crippen LogP contribution is -2.47. The SMILES string of the molecule is CCOC(=O)C1(Nc2ccc(C)cc2)CCCC(C)CC1. The molecular formula is C18H27NO2. The van der Waals surface area contributed by atoms with Crippen molar-refractivity contribution in [1.29, 1.82) is 0 Å². The molecule has 116 valence electrons. The van der Waals surface area contributed by atoms with E-state index in [0.29, 0.717) is 12.5 Å². The Morgan fingerprint density at radius 3 is 2.67 bits per heavy atom. The van der Waals surface area contributed by atoms with Crippen molar-refractivity contribution in [1.82, 2.24) is 0 Å². The number of hydrogen-bond donors (Lipinski definition) is 1. The molecule has 0 amide bonds. The van der Waals surface area contributed by atoms with Crippen molar-refractivity contribution in [3.8, 4) is 0 Å². The van der Waals surface area contributed by atoms with E-state index in [4.69, 9.17) is 4.74 Å². The third kappa shape index (κ3) is 3.99. The maximum atomic E-state index is 12.6. The van der Waals surface area contributed by atoms with Gasteiger partial charge in [-0.2, -0.15) is 0 Å². The average Bonchev–Trinajstić information content (AvgIpc) is 2.65. The lowest BCUT2D eigenvalue weighted by Gasteiger charge is -2.32. The molecule has 3 nitrogen and oxygen atoms in total. The maximum absolute atomic E-state index is 12.6. The van der Waals surface area contributed by atoms with Crippen molar-refractivity contribution in [2.75, 3.05) is 11.9 Å². The highest BCUT2D eigenvalue weighted by Crippen LogP contribution is 2.34. The van der Waals surface area contributed by atoms with Crippen molar-refractivity contribution in [2.24, 2.45) is 5.92 Å². The first-order valence-corrected chi connectivity index (χ1v) is 8.08. The fourth-order valence-corrected chi connectivity index (χ4v) is 3.08. The minimum atomic E-state index is -0.559. The molecule has 0 bridgehead atoms. The Morgan fingerprint density at radius 1 is 1.29 bits per heavy atom. The molecule has 1 aliphatic rings. The molecule has 0 radical (unpaired) electrons. The normalized spacial score (nSPS) is 26.0. The van der Waals surface area contributed by atoms with Gasteiger partial charge in [0.05, 0.1) is 6.61 Å². The summed E-state index contributed by atoms with van der Waals surface area (Å²) in [7, 11) is 0. The van der Waals surface area contributed by atoms with E-state index in [1.807, 2.05) is 19.1 Å². The van der Waals surface area contributed by atoms with E-state index < -0.39 is 5.54 Å². The van der Waals surface area contributed by atoms with E-state index >= 15 is 0 Å². The van der Waals surface area contributed by atoms with Gasteiger partial charge in [-0.1, -0.05) is 37.5 Å². The number of ether oxygens (including phenoxy) is 1. The molecule has 1 aliphatic carbocycles. The zero-order valence-electron chi connectivity index (χ0n) is 13.4. The Balaban J connectivity index is 2.22. The van der Waals surface area contributed by atoms with Crippen molar-refractivity contribution in [3.05, 3.63) is 29.8 Å². The summed E-state index contributed by atoms with van der Waals surface area (Å²) in [6.07, 6.45) is 5.03. The number of carbonyl (C=O) groups excluding carboxylic acids is 1. The maximum Gasteiger partial charge on any atom is 0.331 e. The second-order valence-corrected chi connectivity index (χ2v) is 6.33. The van der Waals surface area contributed by atoms with Crippen LogP contribution in [0.2, 0.25) is 0 Å². The molecule has 0 heterocycles.